The van der Waals surface area contributed by atoms with E-state index < -0.39 is 0 Å². The van der Waals surface area contributed by atoms with E-state index in [1.165, 1.54) is 42.9 Å². The molecule has 1 aromatic heterocycles. The minimum Gasteiger partial charge on any atom is -0.329 e. The molecule has 0 spiro atoms. The second kappa shape index (κ2) is 6.66. The Hall–Kier alpha value is -0.420. The Balaban J connectivity index is 1.89. The van der Waals surface area contributed by atoms with Gasteiger partial charge in [-0.25, -0.2) is 0 Å². The minimum absolute atomic E-state index is 0.382. The van der Waals surface area contributed by atoms with E-state index >= 15 is 0 Å². The summed E-state index contributed by atoms with van der Waals surface area (Å²) < 4.78 is 0. The first kappa shape index (κ1) is 14.0. The Kier molecular flexibility index (Phi) is 5.18. The maximum Gasteiger partial charge on any atom is 0.0564 e. The molecule has 4 heteroatoms. The molecule has 1 saturated heterocycles. The van der Waals surface area contributed by atoms with Gasteiger partial charge in [-0.3, -0.25) is 4.90 Å². The van der Waals surface area contributed by atoms with Crippen molar-refractivity contribution < 1.29 is 0 Å². The van der Waals surface area contributed by atoms with Crippen LogP contribution in [0, 0.1) is 6.92 Å². The summed E-state index contributed by atoms with van der Waals surface area (Å²) >= 11 is 1.83. The van der Waals surface area contributed by atoms with Gasteiger partial charge in [-0.05, 0) is 56.9 Å². The molecule has 1 aliphatic rings. The third-order valence-corrected chi connectivity index (χ3v) is 5.05. The van der Waals surface area contributed by atoms with Crippen molar-refractivity contribution in [2.75, 3.05) is 39.8 Å². The predicted octanol–water partition coefficient (Wildman–Crippen LogP) is 2.08. The lowest BCUT2D eigenvalue weighted by Gasteiger charge is -2.28. The summed E-state index contributed by atoms with van der Waals surface area (Å²) in [5.41, 5.74) is 7.35. The van der Waals surface area contributed by atoms with Crippen LogP contribution in [0.2, 0.25) is 0 Å². The molecule has 1 unspecified atom stereocenters. The topological polar surface area (TPSA) is 32.5 Å². The van der Waals surface area contributed by atoms with E-state index in [4.69, 9.17) is 5.73 Å². The van der Waals surface area contributed by atoms with Gasteiger partial charge in [-0.15, -0.1) is 11.3 Å². The molecule has 2 heterocycles. The average molecular weight is 267 g/mol. The van der Waals surface area contributed by atoms with Crippen molar-refractivity contribution in [2.45, 2.75) is 25.8 Å². The molecular weight excluding hydrogens is 242 g/mol. The molecule has 1 fully saturated rings. The molecular formula is C14H25N3S. The second-order valence-corrected chi connectivity index (χ2v) is 6.20. The van der Waals surface area contributed by atoms with E-state index in [0.29, 0.717) is 12.6 Å². The monoisotopic (exact) mass is 267 g/mol. The zero-order chi connectivity index (χ0) is 13.0. The van der Waals surface area contributed by atoms with Crippen LogP contribution in [-0.4, -0.2) is 49.6 Å². The molecule has 2 N–H and O–H groups in total. The lowest BCUT2D eigenvalue weighted by molar-refractivity contribution is 0.211. The van der Waals surface area contributed by atoms with Crippen LogP contribution in [0.15, 0.2) is 11.4 Å². The number of nitrogens with two attached hydrogens (primary N) is 1. The van der Waals surface area contributed by atoms with Gasteiger partial charge >= 0.3 is 0 Å². The Labute approximate surface area is 115 Å². The molecule has 2 rings (SSSR count). The molecule has 3 nitrogen and oxygen atoms in total. The second-order valence-electron chi connectivity index (χ2n) is 5.25. The van der Waals surface area contributed by atoms with Crippen LogP contribution in [0.25, 0.3) is 0 Å². The Morgan fingerprint density at radius 2 is 2.17 bits per heavy atom. The summed E-state index contributed by atoms with van der Waals surface area (Å²) in [6.45, 7) is 7.73. The number of hydrogen-bond acceptors (Lipinski definition) is 4. The molecule has 0 amide bonds. The zero-order valence-corrected chi connectivity index (χ0v) is 12.4. The fourth-order valence-corrected chi connectivity index (χ4v) is 3.78. The van der Waals surface area contributed by atoms with Gasteiger partial charge in [0.15, 0.2) is 0 Å². The third kappa shape index (κ3) is 3.32. The molecule has 0 aromatic carbocycles. The molecule has 18 heavy (non-hydrogen) atoms. The van der Waals surface area contributed by atoms with Gasteiger partial charge in [0.25, 0.3) is 0 Å². The van der Waals surface area contributed by atoms with Crippen molar-refractivity contribution in [1.82, 2.24) is 9.80 Å². The smallest absolute Gasteiger partial charge is 0.0564 e. The number of likely N-dealkylation sites (N-methyl/N-ethyl adjacent to an activating group) is 1. The van der Waals surface area contributed by atoms with Crippen LogP contribution in [0.4, 0.5) is 0 Å². The van der Waals surface area contributed by atoms with Crippen LogP contribution in [0.1, 0.15) is 29.3 Å². The van der Waals surface area contributed by atoms with Crippen molar-refractivity contribution in [1.29, 1.82) is 0 Å². The quantitative estimate of drug-likeness (QED) is 0.856. The average Bonchev–Trinajstić information content (AvgIpc) is 3.00. The van der Waals surface area contributed by atoms with E-state index in [1.807, 2.05) is 11.3 Å². The highest BCUT2D eigenvalue weighted by Gasteiger charge is 2.19. The van der Waals surface area contributed by atoms with Crippen LogP contribution in [-0.2, 0) is 0 Å². The van der Waals surface area contributed by atoms with Gasteiger partial charge in [0.05, 0.1) is 6.04 Å². The van der Waals surface area contributed by atoms with Crippen LogP contribution < -0.4 is 5.73 Å². The standard InChI is InChI=1S/C14H25N3S/c1-12-5-10-18-14(12)13(11-15)16(2)8-9-17-6-3-4-7-17/h5,10,13H,3-4,6-9,11,15H2,1-2H3. The summed E-state index contributed by atoms with van der Waals surface area (Å²) in [5, 5.41) is 2.17. The first-order chi connectivity index (χ1) is 8.72. The molecule has 0 saturated carbocycles. The molecule has 1 atom stereocenters. The molecule has 1 aliphatic heterocycles. The van der Waals surface area contributed by atoms with E-state index in [-0.39, 0.29) is 0 Å². The SMILES string of the molecule is Cc1ccsc1C(CN)N(C)CCN1CCCC1. The molecule has 0 aliphatic carbocycles. The van der Waals surface area contributed by atoms with Gasteiger partial charge < -0.3 is 10.6 Å². The lowest BCUT2D eigenvalue weighted by atomic mass is 10.1. The van der Waals surface area contributed by atoms with E-state index in [1.54, 1.807) is 0 Å². The first-order valence-corrected chi connectivity index (χ1v) is 7.77. The highest BCUT2D eigenvalue weighted by atomic mass is 32.1. The van der Waals surface area contributed by atoms with Gasteiger partial charge in [0, 0.05) is 24.5 Å². The summed E-state index contributed by atoms with van der Waals surface area (Å²) in [7, 11) is 2.20. The van der Waals surface area contributed by atoms with Crippen molar-refractivity contribution >= 4 is 11.3 Å². The normalized spacial score (nSPS) is 18.7. The van der Waals surface area contributed by atoms with Gasteiger partial charge in [-0.1, -0.05) is 0 Å². The maximum atomic E-state index is 5.97. The summed E-state index contributed by atoms with van der Waals surface area (Å²) in [6, 6.07) is 2.57. The van der Waals surface area contributed by atoms with Crippen molar-refractivity contribution in [3.05, 3.63) is 21.9 Å². The first-order valence-electron chi connectivity index (χ1n) is 6.89. The minimum atomic E-state index is 0.382. The Morgan fingerprint density at radius 3 is 2.72 bits per heavy atom. The fourth-order valence-electron chi connectivity index (χ4n) is 2.67. The third-order valence-electron chi connectivity index (χ3n) is 3.93. The number of aryl methyl sites for hydroxylation is 1. The number of hydrogen-bond donors (Lipinski definition) is 1. The van der Waals surface area contributed by atoms with Crippen molar-refractivity contribution in [3.8, 4) is 0 Å². The largest absolute Gasteiger partial charge is 0.329 e. The van der Waals surface area contributed by atoms with Crippen LogP contribution in [0.3, 0.4) is 0 Å². The van der Waals surface area contributed by atoms with Crippen LogP contribution >= 0.6 is 11.3 Å². The van der Waals surface area contributed by atoms with Crippen molar-refractivity contribution in [3.63, 3.8) is 0 Å². The van der Waals surface area contributed by atoms with Crippen molar-refractivity contribution in [2.24, 2.45) is 5.73 Å². The lowest BCUT2D eigenvalue weighted by Crippen LogP contribution is -2.36. The number of nitrogens with zero attached hydrogens (tertiary/aromatic N) is 2. The number of likely N-dealkylation sites (tertiary alicyclic amines) is 1. The summed E-state index contributed by atoms with van der Waals surface area (Å²) in [4.78, 5) is 6.41. The number of thiophene rings is 1. The van der Waals surface area contributed by atoms with Gasteiger partial charge in [0.2, 0.25) is 0 Å². The van der Waals surface area contributed by atoms with E-state index in [0.717, 1.165) is 6.54 Å². The Morgan fingerprint density at radius 1 is 1.44 bits per heavy atom. The molecule has 1 aromatic rings. The fraction of sp³-hybridized carbons (Fsp3) is 0.714. The molecule has 0 bridgehead atoms. The van der Waals surface area contributed by atoms with E-state index in [9.17, 15) is 0 Å². The highest BCUT2D eigenvalue weighted by Crippen LogP contribution is 2.27. The van der Waals surface area contributed by atoms with Crippen LogP contribution in [0.5, 0.6) is 0 Å². The molecule has 102 valence electrons. The van der Waals surface area contributed by atoms with Gasteiger partial charge in [-0.2, -0.15) is 0 Å². The zero-order valence-electron chi connectivity index (χ0n) is 11.6. The predicted molar refractivity (Wildman–Crippen MR) is 79.2 cm³/mol. The summed E-state index contributed by atoms with van der Waals surface area (Å²) in [5.74, 6) is 0. The summed E-state index contributed by atoms with van der Waals surface area (Å²) in [6.07, 6.45) is 2.74. The Bertz CT molecular complexity index is 358. The van der Waals surface area contributed by atoms with E-state index in [2.05, 4.69) is 35.2 Å². The van der Waals surface area contributed by atoms with Gasteiger partial charge in [0.1, 0.15) is 0 Å². The maximum absolute atomic E-state index is 5.97. The highest BCUT2D eigenvalue weighted by molar-refractivity contribution is 7.10. The molecule has 0 radical (unpaired) electrons. The number of rotatable bonds is 6.